The quantitative estimate of drug-likeness (QED) is 0.177. The molecular weight excluding hydrogens is 582 g/mol. The Morgan fingerprint density at radius 1 is 0.907 bits per heavy atom. The Bertz CT molecular complexity index is 1710. The summed E-state index contributed by atoms with van der Waals surface area (Å²) in [5.74, 6) is -0.434. The molecule has 4 aromatic carbocycles. The Balaban J connectivity index is 1.39. The van der Waals surface area contributed by atoms with Gasteiger partial charge < -0.3 is 10.2 Å². The molecule has 9 heteroatoms. The van der Waals surface area contributed by atoms with Crippen molar-refractivity contribution in [2.45, 2.75) is 56.5 Å². The zero-order valence-electron chi connectivity index (χ0n) is 24.2. The highest BCUT2D eigenvalue weighted by Gasteiger charge is 2.36. The van der Waals surface area contributed by atoms with Crippen LogP contribution >= 0.6 is 11.6 Å². The molecule has 0 bridgehead atoms. The molecular formula is C34H36ClN3O4S. The monoisotopic (exact) mass is 617 g/mol. The minimum absolute atomic E-state index is 0.0758. The van der Waals surface area contributed by atoms with Gasteiger partial charge in [0.2, 0.25) is 11.8 Å². The van der Waals surface area contributed by atoms with Gasteiger partial charge in [0.25, 0.3) is 10.0 Å². The van der Waals surface area contributed by atoms with E-state index in [-0.39, 0.29) is 31.3 Å². The number of unbranched alkanes of at least 4 members (excludes halogenated alkanes) is 1. The molecule has 0 radical (unpaired) electrons. The molecule has 0 saturated heterocycles. The average Bonchev–Trinajstić information content (AvgIpc) is 3.22. The van der Waals surface area contributed by atoms with Gasteiger partial charge in [-0.1, -0.05) is 91.7 Å². The molecule has 1 heterocycles. The fourth-order valence-corrected chi connectivity index (χ4v) is 7.57. The van der Waals surface area contributed by atoms with Crippen molar-refractivity contribution in [3.63, 3.8) is 0 Å². The highest BCUT2D eigenvalue weighted by atomic mass is 35.5. The molecule has 0 aliphatic carbocycles. The van der Waals surface area contributed by atoms with Gasteiger partial charge in [-0.15, -0.1) is 0 Å². The molecule has 1 aliphatic heterocycles. The summed E-state index contributed by atoms with van der Waals surface area (Å²) in [6.45, 7) is 2.94. The molecule has 224 valence electrons. The second-order valence-corrected chi connectivity index (χ2v) is 13.1. The van der Waals surface area contributed by atoms with E-state index < -0.39 is 16.1 Å². The smallest absolute Gasteiger partial charge is 0.265 e. The standard InChI is InChI=1S/C34H36ClN3O4S/c1-2-3-20-36-34(40)30(23-25-11-5-4-6-12-25)37(24-26-13-7-16-28(35)22-26)32(39)19-10-21-38-29-17-8-14-27-15-9-18-31(33(27)29)43(38,41)42/h4-9,11-18,22,30H,2-3,10,19-21,23-24H2,1H3,(H,36,40)/t30-/m0/s1. The lowest BCUT2D eigenvalue weighted by atomic mass is 10.0. The van der Waals surface area contributed by atoms with Gasteiger partial charge in [-0.25, -0.2) is 8.42 Å². The highest BCUT2D eigenvalue weighted by Crippen LogP contribution is 2.42. The number of carbonyl (C=O) groups is 2. The third-order valence-corrected chi connectivity index (χ3v) is 9.87. The van der Waals surface area contributed by atoms with Crippen LogP contribution in [0.3, 0.4) is 0 Å². The number of nitrogens with zero attached hydrogens (tertiary/aromatic N) is 2. The van der Waals surface area contributed by atoms with Crippen LogP contribution in [-0.2, 0) is 32.6 Å². The van der Waals surface area contributed by atoms with Crippen molar-refractivity contribution in [3.8, 4) is 0 Å². The van der Waals surface area contributed by atoms with Crippen LogP contribution in [0.5, 0.6) is 0 Å². The molecule has 0 aromatic heterocycles. The normalized spacial score (nSPS) is 14.0. The van der Waals surface area contributed by atoms with Gasteiger partial charge >= 0.3 is 0 Å². The van der Waals surface area contributed by atoms with Crippen molar-refractivity contribution < 1.29 is 18.0 Å². The van der Waals surface area contributed by atoms with E-state index in [0.29, 0.717) is 40.4 Å². The zero-order chi connectivity index (χ0) is 30.4. The third kappa shape index (κ3) is 6.86. The predicted octanol–water partition coefficient (Wildman–Crippen LogP) is 6.34. The summed E-state index contributed by atoms with van der Waals surface area (Å²) in [4.78, 5) is 29.5. The minimum atomic E-state index is -3.72. The zero-order valence-corrected chi connectivity index (χ0v) is 25.8. The second-order valence-electron chi connectivity index (χ2n) is 10.8. The molecule has 43 heavy (non-hydrogen) atoms. The predicted molar refractivity (Wildman–Crippen MR) is 172 cm³/mol. The number of amides is 2. The number of hydrogen-bond acceptors (Lipinski definition) is 4. The van der Waals surface area contributed by atoms with Gasteiger partial charge in [0.1, 0.15) is 6.04 Å². The van der Waals surface area contributed by atoms with Crippen molar-refractivity contribution in [2.75, 3.05) is 17.4 Å². The van der Waals surface area contributed by atoms with Crippen LogP contribution in [0.2, 0.25) is 5.02 Å². The average molecular weight is 618 g/mol. The second kappa shape index (κ2) is 13.6. The van der Waals surface area contributed by atoms with Crippen LogP contribution in [0.15, 0.2) is 95.9 Å². The van der Waals surface area contributed by atoms with E-state index in [1.54, 1.807) is 35.2 Å². The minimum Gasteiger partial charge on any atom is -0.354 e. The van der Waals surface area contributed by atoms with Crippen LogP contribution in [0.25, 0.3) is 10.8 Å². The first kappa shape index (κ1) is 30.6. The molecule has 1 atom stereocenters. The first-order chi connectivity index (χ1) is 20.8. The Hall–Kier alpha value is -3.88. The summed E-state index contributed by atoms with van der Waals surface area (Å²) in [6.07, 6.45) is 2.50. The number of anilines is 1. The van der Waals surface area contributed by atoms with E-state index in [0.717, 1.165) is 29.4 Å². The Kier molecular flexibility index (Phi) is 9.68. The van der Waals surface area contributed by atoms with E-state index in [9.17, 15) is 18.0 Å². The first-order valence-electron chi connectivity index (χ1n) is 14.7. The molecule has 0 spiro atoms. The molecule has 0 fully saturated rings. The van der Waals surface area contributed by atoms with E-state index in [1.165, 1.54) is 4.31 Å². The molecule has 2 amide bonds. The van der Waals surface area contributed by atoms with E-state index in [4.69, 9.17) is 11.6 Å². The van der Waals surface area contributed by atoms with Crippen molar-refractivity contribution in [1.82, 2.24) is 10.2 Å². The lowest BCUT2D eigenvalue weighted by molar-refractivity contribution is -0.141. The van der Waals surface area contributed by atoms with Crippen LogP contribution in [-0.4, -0.2) is 44.3 Å². The number of carbonyl (C=O) groups excluding carboxylic acids is 2. The van der Waals surface area contributed by atoms with Gasteiger partial charge in [0.05, 0.1) is 10.6 Å². The summed E-state index contributed by atoms with van der Waals surface area (Å²) in [5, 5.41) is 5.15. The summed E-state index contributed by atoms with van der Waals surface area (Å²) >= 11 is 6.27. The van der Waals surface area contributed by atoms with E-state index in [2.05, 4.69) is 12.2 Å². The number of rotatable bonds is 13. The molecule has 1 aliphatic rings. The number of halogens is 1. The van der Waals surface area contributed by atoms with Gasteiger partial charge in [0, 0.05) is 42.9 Å². The van der Waals surface area contributed by atoms with Gasteiger partial charge in [-0.05, 0) is 53.6 Å². The topological polar surface area (TPSA) is 86.8 Å². The van der Waals surface area contributed by atoms with E-state index >= 15 is 0 Å². The molecule has 1 N–H and O–H groups in total. The van der Waals surface area contributed by atoms with Crippen molar-refractivity contribution in [1.29, 1.82) is 0 Å². The SMILES string of the molecule is CCCCNC(=O)[C@H](Cc1ccccc1)N(Cc1cccc(Cl)c1)C(=O)CCCN1c2cccc3cccc(c23)S1(=O)=O. The summed E-state index contributed by atoms with van der Waals surface area (Å²) in [6, 6.07) is 27.0. The Morgan fingerprint density at radius 2 is 1.63 bits per heavy atom. The molecule has 0 saturated carbocycles. The van der Waals surface area contributed by atoms with Crippen LogP contribution < -0.4 is 9.62 Å². The molecule has 7 nitrogen and oxygen atoms in total. The van der Waals surface area contributed by atoms with Crippen molar-refractivity contribution in [2.24, 2.45) is 0 Å². The van der Waals surface area contributed by atoms with Gasteiger partial charge in [-0.3, -0.25) is 13.9 Å². The fourth-order valence-electron chi connectivity index (χ4n) is 5.61. The lowest BCUT2D eigenvalue weighted by Gasteiger charge is -2.32. The van der Waals surface area contributed by atoms with E-state index in [1.807, 2.05) is 60.7 Å². The third-order valence-electron chi connectivity index (χ3n) is 7.78. The Labute approximate surface area is 258 Å². The summed E-state index contributed by atoms with van der Waals surface area (Å²) in [7, 11) is -3.72. The first-order valence-corrected chi connectivity index (χ1v) is 16.5. The molecule has 0 unspecified atom stereocenters. The van der Waals surface area contributed by atoms with Crippen LogP contribution in [0.1, 0.15) is 43.7 Å². The van der Waals surface area contributed by atoms with Gasteiger partial charge in [0.15, 0.2) is 0 Å². The van der Waals surface area contributed by atoms with Crippen molar-refractivity contribution >= 4 is 49.9 Å². The fraction of sp³-hybridized carbons (Fsp3) is 0.294. The summed E-state index contributed by atoms with van der Waals surface area (Å²) < 4.78 is 28.3. The number of nitrogens with one attached hydrogen (secondary N) is 1. The Morgan fingerprint density at radius 3 is 2.37 bits per heavy atom. The van der Waals surface area contributed by atoms with Crippen LogP contribution in [0.4, 0.5) is 5.69 Å². The number of hydrogen-bond donors (Lipinski definition) is 1. The highest BCUT2D eigenvalue weighted by molar-refractivity contribution is 7.93. The lowest BCUT2D eigenvalue weighted by Crippen LogP contribution is -2.50. The number of sulfonamides is 1. The van der Waals surface area contributed by atoms with Crippen LogP contribution in [0, 0.1) is 0 Å². The maximum absolute atomic E-state index is 14.0. The molecule has 4 aromatic rings. The maximum atomic E-state index is 14.0. The summed E-state index contributed by atoms with van der Waals surface area (Å²) in [5.41, 5.74) is 2.38. The largest absolute Gasteiger partial charge is 0.354 e. The number of benzene rings is 4. The maximum Gasteiger partial charge on any atom is 0.265 e. The van der Waals surface area contributed by atoms with Gasteiger partial charge in [-0.2, -0.15) is 0 Å². The van der Waals surface area contributed by atoms with Crippen molar-refractivity contribution in [3.05, 3.63) is 107 Å². The molecule has 5 rings (SSSR count).